The van der Waals surface area contributed by atoms with Crippen molar-refractivity contribution in [3.8, 4) is 6.07 Å². The van der Waals surface area contributed by atoms with Gasteiger partial charge in [-0.3, -0.25) is 9.69 Å². The highest BCUT2D eigenvalue weighted by Crippen LogP contribution is 2.22. The van der Waals surface area contributed by atoms with Crippen molar-refractivity contribution in [3.05, 3.63) is 21.4 Å². The third kappa shape index (κ3) is 4.54. The van der Waals surface area contributed by atoms with Crippen LogP contribution in [0.1, 0.15) is 26.5 Å². The Balaban J connectivity index is 1.98. The molecule has 0 aromatic carbocycles. The lowest BCUT2D eigenvalue weighted by molar-refractivity contribution is 0.0327. The van der Waals surface area contributed by atoms with E-state index in [1.165, 1.54) is 16.2 Å². The molecule has 0 saturated carbocycles. The van der Waals surface area contributed by atoms with Crippen molar-refractivity contribution in [2.24, 2.45) is 0 Å². The number of morpholine rings is 1. The molecule has 120 valence electrons. The van der Waals surface area contributed by atoms with Gasteiger partial charge in [-0.25, -0.2) is 0 Å². The van der Waals surface area contributed by atoms with Crippen molar-refractivity contribution < 1.29 is 9.53 Å². The summed E-state index contributed by atoms with van der Waals surface area (Å²) in [6.45, 7) is 9.40. The molecule has 0 bridgehead atoms. The van der Waals surface area contributed by atoms with Crippen LogP contribution in [0.25, 0.3) is 0 Å². The normalized spacial score (nSPS) is 15.5. The Bertz CT molecular complexity index is 525. The monoisotopic (exact) mass is 321 g/mol. The van der Waals surface area contributed by atoms with Crippen LogP contribution in [0.5, 0.6) is 0 Å². The molecule has 0 spiro atoms. The van der Waals surface area contributed by atoms with Crippen molar-refractivity contribution in [2.75, 3.05) is 45.9 Å². The molecule has 1 amide bonds. The minimum Gasteiger partial charge on any atom is -0.379 e. The zero-order chi connectivity index (χ0) is 15.9. The van der Waals surface area contributed by atoms with Crippen molar-refractivity contribution in [3.63, 3.8) is 0 Å². The van der Waals surface area contributed by atoms with Crippen LogP contribution in [-0.2, 0) is 4.74 Å². The second-order valence-electron chi connectivity index (χ2n) is 5.50. The topological polar surface area (TPSA) is 56.6 Å². The largest absolute Gasteiger partial charge is 0.379 e. The van der Waals surface area contributed by atoms with E-state index in [0.717, 1.165) is 43.3 Å². The van der Waals surface area contributed by atoms with Gasteiger partial charge in [0.2, 0.25) is 0 Å². The molecule has 0 aliphatic carbocycles. The first-order valence-electron chi connectivity index (χ1n) is 7.65. The predicted octanol–water partition coefficient (Wildman–Crippen LogP) is 2.05. The van der Waals surface area contributed by atoms with E-state index in [-0.39, 0.29) is 5.91 Å². The van der Waals surface area contributed by atoms with Crippen molar-refractivity contribution >= 4 is 17.2 Å². The maximum atomic E-state index is 12.7. The first-order chi connectivity index (χ1) is 10.6. The molecule has 0 N–H and O–H groups in total. The maximum absolute atomic E-state index is 12.7. The van der Waals surface area contributed by atoms with Crippen LogP contribution in [0, 0.1) is 25.2 Å². The maximum Gasteiger partial charge on any atom is 0.264 e. The molecular formula is C16H23N3O2S. The molecule has 5 nitrogen and oxygen atoms in total. The Morgan fingerprint density at radius 1 is 1.41 bits per heavy atom. The first-order valence-corrected chi connectivity index (χ1v) is 8.47. The summed E-state index contributed by atoms with van der Waals surface area (Å²) < 4.78 is 5.34. The number of aryl methyl sites for hydroxylation is 2. The van der Waals surface area contributed by atoms with E-state index in [9.17, 15) is 4.79 Å². The molecule has 0 radical (unpaired) electrons. The van der Waals surface area contributed by atoms with E-state index in [1.54, 1.807) is 0 Å². The van der Waals surface area contributed by atoms with E-state index in [1.807, 2.05) is 24.8 Å². The van der Waals surface area contributed by atoms with Gasteiger partial charge in [-0.15, -0.1) is 11.3 Å². The van der Waals surface area contributed by atoms with Gasteiger partial charge in [0.25, 0.3) is 5.91 Å². The number of amides is 1. The van der Waals surface area contributed by atoms with E-state index in [4.69, 9.17) is 10.00 Å². The summed E-state index contributed by atoms with van der Waals surface area (Å²) >= 11 is 1.54. The lowest BCUT2D eigenvalue weighted by atomic mass is 10.2. The van der Waals surface area contributed by atoms with Crippen LogP contribution in [0.4, 0.5) is 0 Å². The van der Waals surface area contributed by atoms with Crippen LogP contribution >= 0.6 is 11.3 Å². The van der Waals surface area contributed by atoms with E-state index >= 15 is 0 Å². The number of rotatable bonds is 6. The second kappa shape index (κ2) is 8.28. The van der Waals surface area contributed by atoms with Crippen LogP contribution < -0.4 is 0 Å². The van der Waals surface area contributed by atoms with Crippen molar-refractivity contribution in [1.29, 1.82) is 5.26 Å². The molecule has 2 rings (SSSR count). The van der Waals surface area contributed by atoms with Gasteiger partial charge < -0.3 is 9.64 Å². The number of ether oxygens (including phenoxy) is 1. The minimum atomic E-state index is 0.0460. The predicted molar refractivity (Wildman–Crippen MR) is 87.2 cm³/mol. The minimum absolute atomic E-state index is 0.0460. The Morgan fingerprint density at radius 2 is 2.14 bits per heavy atom. The lowest BCUT2D eigenvalue weighted by Crippen LogP contribution is -2.43. The molecule has 1 aromatic rings. The number of carbonyl (C=O) groups excluding carboxylic acids is 1. The van der Waals surface area contributed by atoms with E-state index in [0.29, 0.717) is 19.5 Å². The van der Waals surface area contributed by atoms with Gasteiger partial charge in [-0.2, -0.15) is 5.26 Å². The van der Waals surface area contributed by atoms with Gasteiger partial charge in [0, 0.05) is 37.6 Å². The van der Waals surface area contributed by atoms with E-state index in [2.05, 4.69) is 11.0 Å². The van der Waals surface area contributed by atoms with Gasteiger partial charge in [0.15, 0.2) is 0 Å². The standard InChI is InChI=1S/C16H23N3O2S/c1-13-12-15(22-14(13)2)16(20)19(5-3-4-17)7-6-18-8-10-21-11-9-18/h12H,3,5-11H2,1-2H3. The molecule has 22 heavy (non-hydrogen) atoms. The quantitative estimate of drug-likeness (QED) is 0.805. The van der Waals surface area contributed by atoms with Crippen LogP contribution in [0.3, 0.4) is 0 Å². The molecule has 6 heteroatoms. The van der Waals surface area contributed by atoms with Gasteiger partial charge in [-0.1, -0.05) is 0 Å². The fraction of sp³-hybridized carbons (Fsp3) is 0.625. The Morgan fingerprint density at radius 3 is 2.73 bits per heavy atom. The number of thiophene rings is 1. The highest BCUT2D eigenvalue weighted by molar-refractivity contribution is 7.14. The summed E-state index contributed by atoms with van der Waals surface area (Å²) in [5.41, 5.74) is 1.15. The third-order valence-corrected chi connectivity index (χ3v) is 5.09. The highest BCUT2D eigenvalue weighted by Gasteiger charge is 2.19. The summed E-state index contributed by atoms with van der Waals surface area (Å²) in [5.74, 6) is 0.0460. The molecule has 1 aliphatic heterocycles. The molecule has 1 fully saturated rings. The Labute approximate surface area is 136 Å². The van der Waals surface area contributed by atoms with Crippen LogP contribution in [0.2, 0.25) is 0 Å². The molecular weight excluding hydrogens is 298 g/mol. The SMILES string of the molecule is Cc1cc(C(=O)N(CCC#N)CCN2CCOCC2)sc1C. The van der Waals surface area contributed by atoms with Gasteiger partial charge >= 0.3 is 0 Å². The Hall–Kier alpha value is -1.42. The molecule has 1 aliphatic rings. The summed E-state index contributed by atoms with van der Waals surface area (Å²) in [5, 5.41) is 8.82. The first kappa shape index (κ1) is 16.9. The number of carbonyl (C=O) groups is 1. The molecule has 0 unspecified atom stereocenters. The van der Waals surface area contributed by atoms with Crippen LogP contribution in [0.15, 0.2) is 6.07 Å². The van der Waals surface area contributed by atoms with Crippen molar-refractivity contribution in [2.45, 2.75) is 20.3 Å². The molecule has 0 atom stereocenters. The molecule has 1 saturated heterocycles. The number of hydrogen-bond donors (Lipinski definition) is 0. The fourth-order valence-electron chi connectivity index (χ4n) is 2.42. The zero-order valence-corrected chi connectivity index (χ0v) is 14.1. The third-order valence-electron chi connectivity index (χ3n) is 3.95. The molecule has 1 aromatic heterocycles. The highest BCUT2D eigenvalue weighted by atomic mass is 32.1. The van der Waals surface area contributed by atoms with Gasteiger partial charge in [0.1, 0.15) is 0 Å². The van der Waals surface area contributed by atoms with Crippen LogP contribution in [-0.4, -0.2) is 61.6 Å². The van der Waals surface area contributed by atoms with E-state index < -0.39 is 0 Å². The zero-order valence-electron chi connectivity index (χ0n) is 13.3. The summed E-state index contributed by atoms with van der Waals surface area (Å²) in [6.07, 6.45) is 0.373. The second-order valence-corrected chi connectivity index (χ2v) is 6.76. The fourth-order valence-corrected chi connectivity index (χ4v) is 3.42. The average Bonchev–Trinajstić information content (AvgIpc) is 2.87. The summed E-state index contributed by atoms with van der Waals surface area (Å²) in [7, 11) is 0. The summed E-state index contributed by atoms with van der Waals surface area (Å²) in [4.78, 5) is 18.7. The number of nitriles is 1. The smallest absolute Gasteiger partial charge is 0.264 e. The van der Waals surface area contributed by atoms with Gasteiger partial charge in [0.05, 0.1) is 30.6 Å². The number of nitrogens with zero attached hydrogens (tertiary/aromatic N) is 3. The lowest BCUT2D eigenvalue weighted by Gasteiger charge is -2.29. The average molecular weight is 321 g/mol. The summed E-state index contributed by atoms with van der Waals surface area (Å²) in [6, 6.07) is 4.09. The number of hydrogen-bond acceptors (Lipinski definition) is 5. The molecule has 2 heterocycles. The van der Waals surface area contributed by atoms with Gasteiger partial charge in [-0.05, 0) is 25.5 Å². The Kier molecular flexibility index (Phi) is 6.37. The van der Waals surface area contributed by atoms with Crippen molar-refractivity contribution in [1.82, 2.24) is 9.80 Å².